The fourth-order valence-corrected chi connectivity index (χ4v) is 4.77. The molecule has 33 heavy (non-hydrogen) atoms. The number of amides is 2. The number of rotatable bonds is 8. The highest BCUT2D eigenvalue weighted by molar-refractivity contribution is 5.80. The maximum atomic E-state index is 12.6. The second-order valence-corrected chi connectivity index (χ2v) is 8.94. The zero-order valence-electron chi connectivity index (χ0n) is 19.0. The van der Waals surface area contributed by atoms with Gasteiger partial charge in [-0.3, -0.25) is 9.59 Å². The van der Waals surface area contributed by atoms with Crippen LogP contribution in [0.3, 0.4) is 0 Å². The van der Waals surface area contributed by atoms with Crippen LogP contribution < -0.4 is 5.32 Å². The van der Waals surface area contributed by atoms with Gasteiger partial charge in [0.15, 0.2) is 0 Å². The van der Waals surface area contributed by atoms with E-state index in [9.17, 15) is 14.4 Å². The summed E-state index contributed by atoms with van der Waals surface area (Å²) in [7, 11) is 1.70. The number of alkyl carbamates (subject to hydrolysis) is 1. The predicted octanol–water partition coefficient (Wildman–Crippen LogP) is 4.02. The molecular formula is C26H30N2O5. The lowest BCUT2D eigenvalue weighted by atomic mass is 9.79. The summed E-state index contributed by atoms with van der Waals surface area (Å²) in [5.41, 5.74) is 4.64. The van der Waals surface area contributed by atoms with Crippen LogP contribution in [0.5, 0.6) is 0 Å². The maximum absolute atomic E-state index is 12.6. The second-order valence-electron chi connectivity index (χ2n) is 8.94. The van der Waals surface area contributed by atoms with Crippen molar-refractivity contribution in [2.24, 2.45) is 5.92 Å². The fourth-order valence-electron chi connectivity index (χ4n) is 4.77. The van der Waals surface area contributed by atoms with Crippen molar-refractivity contribution < 1.29 is 24.2 Å². The molecule has 7 nitrogen and oxygen atoms in total. The number of aliphatic carboxylic acids is 1. The van der Waals surface area contributed by atoms with E-state index in [4.69, 9.17) is 9.84 Å². The van der Waals surface area contributed by atoms with Crippen LogP contribution in [-0.4, -0.2) is 53.7 Å². The molecule has 0 aliphatic heterocycles. The molecule has 0 saturated heterocycles. The van der Waals surface area contributed by atoms with Gasteiger partial charge in [-0.15, -0.1) is 0 Å². The van der Waals surface area contributed by atoms with Crippen LogP contribution in [0.25, 0.3) is 11.1 Å². The van der Waals surface area contributed by atoms with Crippen LogP contribution in [0.2, 0.25) is 0 Å². The summed E-state index contributed by atoms with van der Waals surface area (Å²) in [5, 5.41) is 11.9. The number of carboxylic acids is 1. The van der Waals surface area contributed by atoms with Crippen molar-refractivity contribution >= 4 is 18.0 Å². The van der Waals surface area contributed by atoms with Crippen LogP contribution in [0.4, 0.5) is 4.79 Å². The zero-order valence-corrected chi connectivity index (χ0v) is 19.0. The van der Waals surface area contributed by atoms with Crippen LogP contribution in [-0.2, 0) is 14.3 Å². The minimum absolute atomic E-state index is 0.0169. The summed E-state index contributed by atoms with van der Waals surface area (Å²) < 4.78 is 5.59. The lowest BCUT2D eigenvalue weighted by Gasteiger charge is -2.39. The SMILES string of the molecule is CC[C@@H](CC(=O)N(C)C1CC(C(=O)O)C1)NC(=O)OCC1c2ccccc2-c2ccccc21. The summed E-state index contributed by atoms with van der Waals surface area (Å²) in [6, 6.07) is 15.9. The molecule has 4 rings (SSSR count). The van der Waals surface area contributed by atoms with Crippen molar-refractivity contribution in [2.75, 3.05) is 13.7 Å². The van der Waals surface area contributed by atoms with Crippen molar-refractivity contribution in [1.82, 2.24) is 10.2 Å². The van der Waals surface area contributed by atoms with Gasteiger partial charge in [0.2, 0.25) is 5.91 Å². The molecule has 1 fully saturated rings. The normalized spacial score (nSPS) is 19.6. The van der Waals surface area contributed by atoms with E-state index in [2.05, 4.69) is 29.6 Å². The number of fused-ring (bicyclic) bond motifs is 3. The van der Waals surface area contributed by atoms with Crippen molar-refractivity contribution in [3.05, 3.63) is 59.7 Å². The first-order chi connectivity index (χ1) is 15.9. The van der Waals surface area contributed by atoms with Gasteiger partial charge in [-0.25, -0.2) is 4.79 Å². The number of carbonyl (C=O) groups is 3. The summed E-state index contributed by atoms with van der Waals surface area (Å²) in [5.74, 6) is -1.30. The average molecular weight is 451 g/mol. The van der Waals surface area contributed by atoms with Crippen LogP contribution >= 0.6 is 0 Å². The summed E-state index contributed by atoms with van der Waals surface area (Å²) >= 11 is 0. The largest absolute Gasteiger partial charge is 0.481 e. The van der Waals surface area contributed by atoms with Crippen LogP contribution in [0.15, 0.2) is 48.5 Å². The first-order valence-corrected chi connectivity index (χ1v) is 11.5. The molecule has 0 unspecified atom stereocenters. The Kier molecular flexibility index (Phi) is 6.67. The Hall–Kier alpha value is -3.35. The monoisotopic (exact) mass is 450 g/mol. The summed E-state index contributed by atoms with van der Waals surface area (Å²) in [4.78, 5) is 37.8. The number of hydrogen-bond donors (Lipinski definition) is 2. The molecule has 2 N–H and O–H groups in total. The minimum Gasteiger partial charge on any atom is -0.481 e. The van der Waals surface area contributed by atoms with Gasteiger partial charge in [0.1, 0.15) is 6.61 Å². The smallest absolute Gasteiger partial charge is 0.407 e. The Morgan fingerprint density at radius 3 is 2.18 bits per heavy atom. The van der Waals surface area contributed by atoms with E-state index in [1.807, 2.05) is 31.2 Å². The number of nitrogens with one attached hydrogen (secondary N) is 1. The molecule has 0 heterocycles. The highest BCUT2D eigenvalue weighted by Gasteiger charge is 2.38. The van der Waals surface area contributed by atoms with Crippen molar-refractivity contribution in [3.63, 3.8) is 0 Å². The molecule has 0 radical (unpaired) electrons. The summed E-state index contributed by atoms with van der Waals surface area (Å²) in [6.45, 7) is 2.13. The molecule has 0 bridgehead atoms. The number of ether oxygens (including phenoxy) is 1. The summed E-state index contributed by atoms with van der Waals surface area (Å²) in [6.07, 6.45) is 1.17. The quantitative estimate of drug-likeness (QED) is 0.633. The van der Waals surface area contributed by atoms with Gasteiger partial charge in [0, 0.05) is 31.5 Å². The third-order valence-electron chi connectivity index (χ3n) is 6.98. The van der Waals surface area contributed by atoms with Gasteiger partial charge in [0.05, 0.1) is 5.92 Å². The number of benzene rings is 2. The minimum atomic E-state index is -0.810. The maximum Gasteiger partial charge on any atom is 0.407 e. The van der Waals surface area contributed by atoms with E-state index in [1.54, 1.807) is 11.9 Å². The number of hydrogen-bond acceptors (Lipinski definition) is 4. The first kappa shape index (κ1) is 22.8. The van der Waals surface area contributed by atoms with E-state index in [0.717, 1.165) is 11.1 Å². The number of nitrogens with zero attached hydrogens (tertiary/aromatic N) is 1. The molecule has 2 aromatic carbocycles. The van der Waals surface area contributed by atoms with E-state index in [1.165, 1.54) is 11.1 Å². The molecule has 1 atom stereocenters. The topological polar surface area (TPSA) is 95.9 Å². The third kappa shape index (κ3) is 4.72. The Morgan fingerprint density at radius 2 is 1.64 bits per heavy atom. The van der Waals surface area contributed by atoms with Crippen LogP contribution in [0.1, 0.15) is 49.7 Å². The van der Waals surface area contributed by atoms with E-state index >= 15 is 0 Å². The Balaban J connectivity index is 1.30. The first-order valence-electron chi connectivity index (χ1n) is 11.5. The van der Waals surface area contributed by atoms with Crippen LogP contribution in [0, 0.1) is 5.92 Å². The molecule has 7 heteroatoms. The van der Waals surface area contributed by atoms with Gasteiger partial charge in [-0.05, 0) is 41.5 Å². The van der Waals surface area contributed by atoms with E-state index in [-0.39, 0.29) is 42.9 Å². The molecule has 174 valence electrons. The second kappa shape index (κ2) is 9.65. The Bertz CT molecular complexity index is 1000. The Labute approximate surface area is 193 Å². The molecule has 1 saturated carbocycles. The average Bonchev–Trinajstić information content (AvgIpc) is 3.09. The molecule has 2 aliphatic carbocycles. The lowest BCUT2D eigenvalue weighted by Crippen LogP contribution is -2.49. The number of carbonyl (C=O) groups excluding carboxylic acids is 2. The van der Waals surface area contributed by atoms with Gasteiger partial charge in [-0.2, -0.15) is 0 Å². The highest BCUT2D eigenvalue weighted by atomic mass is 16.5. The molecule has 0 aromatic heterocycles. The van der Waals surface area contributed by atoms with Crippen molar-refractivity contribution in [1.29, 1.82) is 0 Å². The molecule has 2 aromatic rings. The van der Waals surface area contributed by atoms with Gasteiger partial charge >= 0.3 is 12.1 Å². The molecule has 2 amide bonds. The molecular weight excluding hydrogens is 420 g/mol. The van der Waals surface area contributed by atoms with Gasteiger partial charge < -0.3 is 20.1 Å². The predicted molar refractivity (Wildman–Crippen MR) is 124 cm³/mol. The standard InChI is InChI=1S/C26H30N2O5/c1-3-17(14-24(29)28(2)18-12-16(13-18)25(30)31)27-26(32)33-15-23-21-10-6-4-8-19(21)20-9-5-7-11-22(20)23/h4-11,16-18,23H,3,12-15H2,1-2H3,(H,27,32)(H,30,31)/t16?,17-,18?/m0/s1. The highest BCUT2D eigenvalue weighted by Crippen LogP contribution is 2.44. The zero-order chi connectivity index (χ0) is 23.5. The molecule has 0 spiro atoms. The van der Waals surface area contributed by atoms with Crippen molar-refractivity contribution in [2.45, 2.75) is 50.6 Å². The van der Waals surface area contributed by atoms with Gasteiger partial charge in [0.25, 0.3) is 0 Å². The fraction of sp³-hybridized carbons (Fsp3) is 0.423. The van der Waals surface area contributed by atoms with Crippen molar-refractivity contribution in [3.8, 4) is 11.1 Å². The molecule has 2 aliphatic rings. The van der Waals surface area contributed by atoms with E-state index < -0.39 is 12.1 Å². The van der Waals surface area contributed by atoms with Gasteiger partial charge in [-0.1, -0.05) is 55.5 Å². The van der Waals surface area contributed by atoms with E-state index in [0.29, 0.717) is 19.3 Å². The number of carboxylic acid groups (broad SMARTS) is 1. The Morgan fingerprint density at radius 1 is 1.06 bits per heavy atom. The third-order valence-corrected chi connectivity index (χ3v) is 6.98. The lowest BCUT2D eigenvalue weighted by molar-refractivity contribution is -0.150.